The maximum absolute atomic E-state index is 9.45. The van der Waals surface area contributed by atoms with Gasteiger partial charge in [0.25, 0.3) is 0 Å². The lowest BCUT2D eigenvalue weighted by Crippen LogP contribution is -2.27. The fourth-order valence-electron chi connectivity index (χ4n) is 3.89. The molecule has 0 bridgehead atoms. The zero-order chi connectivity index (χ0) is 19.7. The van der Waals surface area contributed by atoms with Crippen LogP contribution in [0, 0.1) is 18.3 Å². The van der Waals surface area contributed by atoms with Crippen molar-refractivity contribution in [2.45, 2.75) is 32.2 Å². The van der Waals surface area contributed by atoms with Gasteiger partial charge in [0.15, 0.2) is 0 Å². The highest BCUT2D eigenvalue weighted by molar-refractivity contribution is 5.77. The number of hydrogen-bond donors (Lipinski definition) is 3. The van der Waals surface area contributed by atoms with Crippen molar-refractivity contribution in [3.05, 3.63) is 40.8 Å². The summed E-state index contributed by atoms with van der Waals surface area (Å²) in [6.07, 6.45) is 4.21. The van der Waals surface area contributed by atoms with Gasteiger partial charge in [-0.05, 0) is 56.5 Å². The highest BCUT2D eigenvalue weighted by Crippen LogP contribution is 2.31. The second-order valence-corrected chi connectivity index (χ2v) is 7.24. The fourth-order valence-corrected chi connectivity index (χ4v) is 3.89. The van der Waals surface area contributed by atoms with Crippen LogP contribution in [0.4, 0.5) is 11.8 Å². The molecule has 0 amide bonds. The van der Waals surface area contributed by atoms with Crippen LogP contribution in [0.25, 0.3) is 11.0 Å². The number of nitrogens with two attached hydrogens (primary N) is 1. The molecule has 0 saturated carbocycles. The third-order valence-corrected chi connectivity index (χ3v) is 5.40. The molecule has 4 N–H and O–H groups in total. The van der Waals surface area contributed by atoms with Crippen molar-refractivity contribution in [3.63, 3.8) is 0 Å². The lowest BCUT2D eigenvalue weighted by Gasteiger charge is -2.25. The van der Waals surface area contributed by atoms with Crippen LogP contribution >= 0.6 is 0 Å². The molecule has 0 aromatic carbocycles. The number of piperidine rings is 1. The number of aryl methyl sites for hydroxylation is 2. The first-order chi connectivity index (χ1) is 13.6. The van der Waals surface area contributed by atoms with Crippen LogP contribution in [-0.4, -0.2) is 32.6 Å². The molecule has 1 fully saturated rings. The molecule has 28 heavy (non-hydrogen) atoms. The third kappa shape index (κ3) is 3.37. The van der Waals surface area contributed by atoms with E-state index in [4.69, 9.17) is 10.7 Å². The average molecular weight is 376 g/mol. The van der Waals surface area contributed by atoms with E-state index in [0.29, 0.717) is 29.5 Å². The molecule has 0 atom stereocenters. The van der Waals surface area contributed by atoms with Crippen molar-refractivity contribution >= 4 is 22.8 Å². The van der Waals surface area contributed by atoms with E-state index in [0.717, 1.165) is 42.7 Å². The van der Waals surface area contributed by atoms with Crippen molar-refractivity contribution in [2.75, 3.05) is 24.1 Å². The van der Waals surface area contributed by atoms with Gasteiger partial charge in [-0.25, -0.2) is 9.97 Å². The predicted molar refractivity (Wildman–Crippen MR) is 109 cm³/mol. The van der Waals surface area contributed by atoms with Gasteiger partial charge in [0.2, 0.25) is 5.95 Å². The Morgan fingerprint density at radius 2 is 2.11 bits per heavy atom. The molecule has 4 heterocycles. The van der Waals surface area contributed by atoms with Gasteiger partial charge in [-0.3, -0.25) is 0 Å². The highest BCUT2D eigenvalue weighted by Gasteiger charge is 2.21. The Morgan fingerprint density at radius 1 is 1.32 bits per heavy atom. The number of rotatable bonds is 4. The van der Waals surface area contributed by atoms with E-state index in [2.05, 4.69) is 37.3 Å². The van der Waals surface area contributed by atoms with Crippen LogP contribution in [0.5, 0.6) is 0 Å². The van der Waals surface area contributed by atoms with Gasteiger partial charge >= 0.3 is 0 Å². The van der Waals surface area contributed by atoms with Crippen molar-refractivity contribution in [1.29, 1.82) is 5.26 Å². The average Bonchev–Trinajstić information content (AvgIpc) is 3.06. The molecule has 8 heteroatoms. The second kappa shape index (κ2) is 7.44. The van der Waals surface area contributed by atoms with Crippen LogP contribution in [0.2, 0.25) is 0 Å². The van der Waals surface area contributed by atoms with Gasteiger partial charge < -0.3 is 20.9 Å². The molecular formula is C20H24N8. The molecule has 3 aromatic heterocycles. The number of hydrogen-bond acceptors (Lipinski definition) is 7. The molecule has 0 radical (unpaired) electrons. The van der Waals surface area contributed by atoms with E-state index in [1.165, 1.54) is 5.56 Å². The van der Waals surface area contributed by atoms with Gasteiger partial charge in [0.05, 0.1) is 29.0 Å². The molecule has 0 aliphatic carbocycles. The number of anilines is 2. The summed E-state index contributed by atoms with van der Waals surface area (Å²) in [6.45, 7) is 4.27. The number of pyridine rings is 1. The van der Waals surface area contributed by atoms with Crippen LogP contribution in [0.1, 0.15) is 41.3 Å². The predicted octanol–water partition coefficient (Wildman–Crippen LogP) is 2.20. The zero-order valence-corrected chi connectivity index (χ0v) is 16.2. The van der Waals surface area contributed by atoms with Gasteiger partial charge in [-0.1, -0.05) is 0 Å². The minimum atomic E-state index is 0.157. The van der Waals surface area contributed by atoms with Gasteiger partial charge in [0.1, 0.15) is 17.5 Å². The normalized spacial score (nSPS) is 14.9. The molecule has 1 saturated heterocycles. The van der Waals surface area contributed by atoms with E-state index >= 15 is 0 Å². The summed E-state index contributed by atoms with van der Waals surface area (Å²) in [5, 5.41) is 16.2. The van der Waals surface area contributed by atoms with Crippen molar-refractivity contribution < 1.29 is 0 Å². The monoisotopic (exact) mass is 376 g/mol. The summed E-state index contributed by atoms with van der Waals surface area (Å²) < 4.78 is 2.10. The summed E-state index contributed by atoms with van der Waals surface area (Å²) in [7, 11) is 2.04. The molecule has 4 rings (SSSR count). The summed E-state index contributed by atoms with van der Waals surface area (Å²) in [5.74, 6) is 1.08. The Labute approximate surface area is 163 Å². The first kappa shape index (κ1) is 18.2. The lowest BCUT2D eigenvalue weighted by molar-refractivity contribution is 0.457. The van der Waals surface area contributed by atoms with E-state index in [1.807, 2.05) is 19.3 Å². The number of fused-ring (bicyclic) bond motifs is 1. The maximum Gasteiger partial charge on any atom is 0.222 e. The summed E-state index contributed by atoms with van der Waals surface area (Å²) in [6, 6.07) is 6.45. The van der Waals surface area contributed by atoms with E-state index in [-0.39, 0.29) is 5.95 Å². The Balaban J connectivity index is 1.71. The number of nitrogens with one attached hydrogen (secondary N) is 2. The number of nitriles is 1. The molecule has 1 aliphatic heterocycles. The van der Waals surface area contributed by atoms with Gasteiger partial charge in [-0.2, -0.15) is 10.2 Å². The Hall–Kier alpha value is -3.18. The van der Waals surface area contributed by atoms with Gasteiger partial charge in [0, 0.05) is 13.2 Å². The number of nitrogen functional groups attached to an aromatic ring is 1. The van der Waals surface area contributed by atoms with E-state index < -0.39 is 0 Å². The molecule has 3 aromatic rings. The van der Waals surface area contributed by atoms with E-state index in [1.54, 1.807) is 6.92 Å². The van der Waals surface area contributed by atoms with Crippen LogP contribution in [0.3, 0.4) is 0 Å². The first-order valence-corrected chi connectivity index (χ1v) is 9.50. The number of aromatic nitrogens is 4. The quantitative estimate of drug-likeness (QED) is 0.639. The lowest BCUT2D eigenvalue weighted by atomic mass is 9.88. The van der Waals surface area contributed by atoms with Crippen LogP contribution < -0.4 is 16.4 Å². The third-order valence-electron chi connectivity index (χ3n) is 5.40. The molecule has 1 aliphatic rings. The minimum absolute atomic E-state index is 0.157. The molecule has 8 nitrogen and oxygen atoms in total. The highest BCUT2D eigenvalue weighted by atomic mass is 15.1. The molecule has 0 spiro atoms. The number of nitrogens with zero attached hydrogens (tertiary/aromatic N) is 5. The van der Waals surface area contributed by atoms with E-state index in [9.17, 15) is 5.26 Å². The topological polar surface area (TPSA) is 117 Å². The van der Waals surface area contributed by atoms with Crippen LogP contribution in [-0.2, 0) is 13.6 Å². The van der Waals surface area contributed by atoms with Gasteiger partial charge in [-0.15, -0.1) is 0 Å². The first-order valence-electron chi connectivity index (χ1n) is 9.50. The molecular weight excluding hydrogens is 352 g/mol. The summed E-state index contributed by atoms with van der Waals surface area (Å²) >= 11 is 0. The SMILES string of the molecule is Cc1nc(N)nc(NCc2nc3ccn(C)c3cc2C2CCNCC2)c1C#N. The Kier molecular flexibility index (Phi) is 4.84. The van der Waals surface area contributed by atoms with Crippen molar-refractivity contribution in [2.24, 2.45) is 7.05 Å². The van der Waals surface area contributed by atoms with Crippen LogP contribution in [0.15, 0.2) is 18.3 Å². The molecule has 144 valence electrons. The Bertz CT molecular complexity index is 1060. The summed E-state index contributed by atoms with van der Waals surface area (Å²) in [5.41, 5.74) is 11.1. The Morgan fingerprint density at radius 3 is 2.86 bits per heavy atom. The summed E-state index contributed by atoms with van der Waals surface area (Å²) in [4.78, 5) is 13.2. The second-order valence-electron chi connectivity index (χ2n) is 7.24. The van der Waals surface area contributed by atoms with Crippen molar-refractivity contribution in [3.8, 4) is 6.07 Å². The standard InChI is InChI=1S/C20H24N8/c1-12-15(10-21)19(27-20(22)25-12)24-11-17-14(13-3-6-23-7-4-13)9-18-16(26-17)5-8-28(18)2/h5,8-9,13,23H,3-4,6-7,11H2,1-2H3,(H3,22,24,25,27). The molecule has 0 unspecified atom stereocenters. The smallest absolute Gasteiger partial charge is 0.222 e. The zero-order valence-electron chi connectivity index (χ0n) is 16.2. The van der Waals surface area contributed by atoms with Crippen molar-refractivity contribution in [1.82, 2.24) is 24.8 Å². The largest absolute Gasteiger partial charge is 0.368 e. The maximum atomic E-state index is 9.45. The fraction of sp³-hybridized carbons (Fsp3) is 0.400. The minimum Gasteiger partial charge on any atom is -0.368 e.